The number of ether oxygens (including phenoxy) is 1. The zero-order valence-electron chi connectivity index (χ0n) is 13.6. The van der Waals surface area contributed by atoms with Gasteiger partial charge in [-0.15, -0.1) is 0 Å². The van der Waals surface area contributed by atoms with Gasteiger partial charge in [0.2, 0.25) is 11.8 Å². The second-order valence-electron chi connectivity index (χ2n) is 6.33. The van der Waals surface area contributed by atoms with Gasteiger partial charge in [-0.25, -0.2) is 0 Å². The summed E-state index contributed by atoms with van der Waals surface area (Å²) < 4.78 is 5.39. The molecule has 1 saturated heterocycles. The van der Waals surface area contributed by atoms with E-state index in [1.807, 2.05) is 36.1 Å². The molecule has 0 spiro atoms. The summed E-state index contributed by atoms with van der Waals surface area (Å²) in [5.74, 6) is 0.607. The lowest BCUT2D eigenvalue weighted by atomic mass is 10.1. The highest BCUT2D eigenvalue weighted by Gasteiger charge is 2.38. The van der Waals surface area contributed by atoms with E-state index in [9.17, 15) is 9.59 Å². The highest BCUT2D eigenvalue weighted by atomic mass is 16.5. The third kappa shape index (κ3) is 3.66. The van der Waals surface area contributed by atoms with Crippen LogP contribution in [0.2, 0.25) is 0 Å². The number of carbonyl (C=O) groups is 2. The number of carbonyl (C=O) groups excluding carboxylic acids is 2. The molecule has 1 heterocycles. The molecule has 1 unspecified atom stereocenters. The van der Waals surface area contributed by atoms with Gasteiger partial charge in [0.25, 0.3) is 0 Å². The van der Waals surface area contributed by atoms with E-state index in [0.717, 1.165) is 24.3 Å². The lowest BCUT2D eigenvalue weighted by molar-refractivity contribution is -0.129. The maximum Gasteiger partial charge on any atom is 0.229 e. The fourth-order valence-corrected chi connectivity index (χ4v) is 3.52. The summed E-state index contributed by atoms with van der Waals surface area (Å²) in [6, 6.07) is 7.68. The van der Waals surface area contributed by atoms with Crippen LogP contribution in [0.4, 0.5) is 5.69 Å². The van der Waals surface area contributed by atoms with Crippen molar-refractivity contribution in [2.75, 3.05) is 18.5 Å². The Morgan fingerprint density at radius 3 is 2.61 bits per heavy atom. The summed E-state index contributed by atoms with van der Waals surface area (Å²) in [6.45, 7) is 3.11. The first kappa shape index (κ1) is 15.8. The van der Waals surface area contributed by atoms with Crippen LogP contribution < -0.4 is 10.1 Å². The van der Waals surface area contributed by atoms with Crippen molar-refractivity contribution in [2.24, 2.45) is 5.92 Å². The van der Waals surface area contributed by atoms with Crippen LogP contribution in [0.1, 0.15) is 39.0 Å². The van der Waals surface area contributed by atoms with Crippen LogP contribution in [0.25, 0.3) is 0 Å². The molecule has 1 aromatic rings. The van der Waals surface area contributed by atoms with Crippen LogP contribution in [0.3, 0.4) is 0 Å². The van der Waals surface area contributed by atoms with Crippen molar-refractivity contribution < 1.29 is 14.3 Å². The van der Waals surface area contributed by atoms with Gasteiger partial charge in [0, 0.05) is 24.7 Å². The van der Waals surface area contributed by atoms with Gasteiger partial charge >= 0.3 is 0 Å². The number of rotatable bonds is 5. The molecule has 2 aliphatic rings. The van der Waals surface area contributed by atoms with Gasteiger partial charge in [-0.05, 0) is 44.0 Å². The van der Waals surface area contributed by atoms with E-state index in [1.165, 1.54) is 12.8 Å². The second-order valence-corrected chi connectivity index (χ2v) is 6.33. The molecular weight excluding hydrogens is 292 g/mol. The molecule has 1 aliphatic heterocycles. The topological polar surface area (TPSA) is 58.6 Å². The maximum atomic E-state index is 12.4. The van der Waals surface area contributed by atoms with E-state index in [2.05, 4.69) is 5.32 Å². The molecule has 2 fully saturated rings. The number of anilines is 1. The first-order valence-electron chi connectivity index (χ1n) is 8.50. The van der Waals surface area contributed by atoms with Gasteiger partial charge in [-0.1, -0.05) is 12.8 Å². The van der Waals surface area contributed by atoms with Crippen molar-refractivity contribution >= 4 is 17.5 Å². The van der Waals surface area contributed by atoms with Crippen molar-refractivity contribution in [1.29, 1.82) is 0 Å². The van der Waals surface area contributed by atoms with Gasteiger partial charge in [0.1, 0.15) is 5.75 Å². The minimum absolute atomic E-state index is 0.0667. The molecule has 1 aromatic carbocycles. The van der Waals surface area contributed by atoms with Crippen molar-refractivity contribution in [2.45, 2.75) is 45.1 Å². The Morgan fingerprint density at radius 1 is 1.26 bits per heavy atom. The molecule has 1 atom stereocenters. The average molecular weight is 316 g/mol. The van der Waals surface area contributed by atoms with Gasteiger partial charge in [0.05, 0.1) is 12.5 Å². The Morgan fingerprint density at radius 2 is 1.96 bits per heavy atom. The van der Waals surface area contributed by atoms with Gasteiger partial charge in [-0.3, -0.25) is 9.59 Å². The standard InChI is InChI=1S/C18H24N2O3/c1-2-23-16-9-7-14(8-10-16)19-18(22)13-11-17(21)20(12-13)15-5-3-4-6-15/h7-10,13,15H,2-6,11-12H2,1H3,(H,19,22). The molecule has 2 amide bonds. The Balaban J connectivity index is 1.57. The van der Waals surface area contributed by atoms with Crippen molar-refractivity contribution in [3.8, 4) is 5.75 Å². The first-order valence-corrected chi connectivity index (χ1v) is 8.50. The number of hydrogen-bond donors (Lipinski definition) is 1. The fraction of sp³-hybridized carbons (Fsp3) is 0.556. The molecule has 5 heteroatoms. The zero-order chi connectivity index (χ0) is 16.2. The van der Waals surface area contributed by atoms with Crippen molar-refractivity contribution in [1.82, 2.24) is 4.90 Å². The summed E-state index contributed by atoms with van der Waals surface area (Å²) >= 11 is 0. The maximum absolute atomic E-state index is 12.4. The number of likely N-dealkylation sites (tertiary alicyclic amines) is 1. The van der Waals surface area contributed by atoms with Crippen LogP contribution in [0.15, 0.2) is 24.3 Å². The Kier molecular flexibility index (Phi) is 4.84. The van der Waals surface area contributed by atoms with Crippen LogP contribution in [0, 0.1) is 5.92 Å². The minimum atomic E-state index is -0.241. The van der Waals surface area contributed by atoms with E-state index >= 15 is 0 Å². The van der Waals surface area contributed by atoms with E-state index < -0.39 is 0 Å². The summed E-state index contributed by atoms with van der Waals surface area (Å²) in [7, 11) is 0. The van der Waals surface area contributed by atoms with Crippen molar-refractivity contribution in [3.05, 3.63) is 24.3 Å². The highest BCUT2D eigenvalue weighted by molar-refractivity contribution is 5.97. The molecule has 1 saturated carbocycles. The van der Waals surface area contributed by atoms with Crippen LogP contribution >= 0.6 is 0 Å². The van der Waals surface area contributed by atoms with Crippen LogP contribution in [-0.2, 0) is 9.59 Å². The van der Waals surface area contributed by atoms with Gasteiger partial charge in [-0.2, -0.15) is 0 Å². The van der Waals surface area contributed by atoms with Crippen molar-refractivity contribution in [3.63, 3.8) is 0 Å². The zero-order valence-corrected chi connectivity index (χ0v) is 13.6. The minimum Gasteiger partial charge on any atom is -0.494 e. The third-order valence-electron chi connectivity index (χ3n) is 4.73. The summed E-state index contributed by atoms with van der Waals surface area (Å²) in [4.78, 5) is 26.5. The number of nitrogens with one attached hydrogen (secondary N) is 1. The van der Waals surface area contributed by atoms with E-state index in [0.29, 0.717) is 25.6 Å². The number of amides is 2. The van der Waals surface area contributed by atoms with Crippen LogP contribution in [-0.4, -0.2) is 35.9 Å². The normalized spacial score (nSPS) is 21.7. The average Bonchev–Trinajstić information content (AvgIpc) is 3.18. The summed E-state index contributed by atoms with van der Waals surface area (Å²) in [5, 5.41) is 2.91. The van der Waals surface area contributed by atoms with Gasteiger partial charge < -0.3 is 15.0 Å². The summed E-state index contributed by atoms with van der Waals surface area (Å²) in [6.07, 6.45) is 4.88. The Bertz CT molecular complexity index is 564. The third-order valence-corrected chi connectivity index (χ3v) is 4.73. The van der Waals surface area contributed by atoms with E-state index in [-0.39, 0.29) is 17.7 Å². The molecule has 1 N–H and O–H groups in total. The van der Waals surface area contributed by atoms with E-state index in [1.54, 1.807) is 0 Å². The lowest BCUT2D eigenvalue weighted by Gasteiger charge is -2.23. The molecule has 124 valence electrons. The molecule has 3 rings (SSSR count). The first-order chi connectivity index (χ1) is 11.2. The molecule has 0 bridgehead atoms. The Labute approximate surface area is 137 Å². The molecular formula is C18H24N2O3. The summed E-state index contributed by atoms with van der Waals surface area (Å²) in [5.41, 5.74) is 0.741. The Hall–Kier alpha value is -2.04. The van der Waals surface area contributed by atoms with Crippen LogP contribution in [0.5, 0.6) is 5.75 Å². The SMILES string of the molecule is CCOc1ccc(NC(=O)C2CC(=O)N(C3CCCC3)C2)cc1. The van der Waals surface area contributed by atoms with Gasteiger partial charge in [0.15, 0.2) is 0 Å². The molecule has 23 heavy (non-hydrogen) atoms. The number of nitrogens with zero attached hydrogens (tertiary/aromatic N) is 1. The lowest BCUT2D eigenvalue weighted by Crippen LogP contribution is -2.35. The monoisotopic (exact) mass is 316 g/mol. The number of hydrogen-bond acceptors (Lipinski definition) is 3. The highest BCUT2D eigenvalue weighted by Crippen LogP contribution is 2.30. The van der Waals surface area contributed by atoms with E-state index in [4.69, 9.17) is 4.74 Å². The molecule has 0 aromatic heterocycles. The quantitative estimate of drug-likeness (QED) is 0.909. The molecule has 1 aliphatic carbocycles. The molecule has 5 nitrogen and oxygen atoms in total. The second kappa shape index (κ2) is 7.02. The predicted octanol–water partition coefficient (Wildman–Crippen LogP) is 2.81. The smallest absolute Gasteiger partial charge is 0.229 e. The predicted molar refractivity (Wildman–Crippen MR) is 88.3 cm³/mol. The largest absolute Gasteiger partial charge is 0.494 e. The number of benzene rings is 1. The fourth-order valence-electron chi connectivity index (χ4n) is 3.52. The molecule has 0 radical (unpaired) electrons.